The van der Waals surface area contributed by atoms with E-state index in [9.17, 15) is 9.59 Å². The Labute approximate surface area is 179 Å². The van der Waals surface area contributed by atoms with Crippen molar-refractivity contribution in [3.63, 3.8) is 0 Å². The number of carbonyl (C=O) groups excluding carboxylic acids is 2. The second-order valence-electron chi connectivity index (χ2n) is 6.01. The Morgan fingerprint density at radius 2 is 2.04 bits per heavy atom. The van der Waals surface area contributed by atoms with Crippen LogP contribution in [0.5, 0.6) is 0 Å². The molecular formula is C16H24Cl2N6O3S. The summed E-state index contributed by atoms with van der Waals surface area (Å²) in [4.78, 5) is 32.7. The van der Waals surface area contributed by atoms with Gasteiger partial charge in [0.25, 0.3) is 0 Å². The van der Waals surface area contributed by atoms with Crippen molar-refractivity contribution >= 4 is 48.0 Å². The van der Waals surface area contributed by atoms with Crippen LogP contribution in [-0.4, -0.2) is 71.0 Å². The van der Waals surface area contributed by atoms with Crippen molar-refractivity contribution in [1.29, 1.82) is 0 Å². The third-order valence-electron chi connectivity index (χ3n) is 4.38. The molecule has 12 heteroatoms. The number of hydrogen-bond donors (Lipinski definition) is 2. The highest BCUT2D eigenvalue weighted by atomic mass is 35.5. The topological polar surface area (TPSA) is 118 Å². The number of carbonyl (C=O) groups is 2. The van der Waals surface area contributed by atoms with Crippen LogP contribution in [0, 0.1) is 0 Å². The van der Waals surface area contributed by atoms with E-state index in [4.69, 9.17) is 10.3 Å². The number of amides is 2. The number of aromatic nitrogens is 2. The van der Waals surface area contributed by atoms with Gasteiger partial charge in [-0.25, -0.2) is 0 Å². The fourth-order valence-electron chi connectivity index (χ4n) is 2.78. The SMILES string of the molecule is CC(c1nc(-c2cccs2)no1)N1CCN(C(=O)CNC(=O)CN)CC1.Cl.Cl. The van der Waals surface area contributed by atoms with Crippen LogP contribution in [0.2, 0.25) is 0 Å². The van der Waals surface area contributed by atoms with Crippen molar-refractivity contribution in [2.75, 3.05) is 39.3 Å². The number of nitrogens with one attached hydrogen (secondary N) is 1. The van der Waals surface area contributed by atoms with Gasteiger partial charge in [0, 0.05) is 26.2 Å². The molecule has 2 aromatic heterocycles. The molecule has 2 amide bonds. The van der Waals surface area contributed by atoms with E-state index in [1.807, 2.05) is 24.4 Å². The lowest BCUT2D eigenvalue weighted by Crippen LogP contribution is -2.51. The second kappa shape index (κ2) is 11.3. The fourth-order valence-corrected chi connectivity index (χ4v) is 3.43. The Kier molecular flexibility index (Phi) is 9.83. The largest absolute Gasteiger partial charge is 0.346 e. The number of thiophene rings is 1. The Morgan fingerprint density at radius 1 is 1.32 bits per heavy atom. The highest BCUT2D eigenvalue weighted by Crippen LogP contribution is 2.25. The Hall–Kier alpha value is -1.72. The van der Waals surface area contributed by atoms with Gasteiger partial charge in [0.2, 0.25) is 23.5 Å². The molecule has 0 radical (unpaired) electrons. The predicted molar refractivity (Wildman–Crippen MR) is 111 cm³/mol. The number of nitrogens with two attached hydrogens (primary N) is 1. The summed E-state index contributed by atoms with van der Waals surface area (Å²) in [6.07, 6.45) is 0. The fraction of sp³-hybridized carbons (Fsp3) is 0.500. The van der Waals surface area contributed by atoms with E-state index in [-0.39, 0.29) is 55.8 Å². The first kappa shape index (κ1) is 24.3. The average Bonchev–Trinajstić information content (AvgIpc) is 3.36. The molecule has 1 aliphatic heterocycles. The van der Waals surface area contributed by atoms with Crippen LogP contribution in [-0.2, 0) is 9.59 Å². The zero-order valence-corrected chi connectivity index (χ0v) is 17.8. The summed E-state index contributed by atoms with van der Waals surface area (Å²) < 4.78 is 5.42. The van der Waals surface area contributed by atoms with E-state index in [0.717, 1.165) is 4.88 Å². The summed E-state index contributed by atoms with van der Waals surface area (Å²) in [7, 11) is 0. The highest BCUT2D eigenvalue weighted by molar-refractivity contribution is 7.13. The maximum atomic E-state index is 12.1. The van der Waals surface area contributed by atoms with Crippen LogP contribution in [0.15, 0.2) is 22.0 Å². The van der Waals surface area contributed by atoms with E-state index in [1.54, 1.807) is 16.2 Å². The Balaban J connectivity index is 0.00000196. The van der Waals surface area contributed by atoms with E-state index >= 15 is 0 Å². The molecule has 2 aromatic rings. The van der Waals surface area contributed by atoms with Crippen LogP contribution in [0.3, 0.4) is 0 Å². The predicted octanol–water partition coefficient (Wildman–Crippen LogP) is 0.922. The molecular weight excluding hydrogens is 427 g/mol. The molecule has 0 spiro atoms. The average molecular weight is 451 g/mol. The van der Waals surface area contributed by atoms with Gasteiger partial charge in [-0.2, -0.15) is 4.98 Å². The normalized spacial score (nSPS) is 15.3. The molecule has 0 aliphatic carbocycles. The minimum Gasteiger partial charge on any atom is -0.346 e. The minimum absolute atomic E-state index is 0. The number of halogens is 2. The molecule has 0 aromatic carbocycles. The first-order valence-corrected chi connectivity index (χ1v) is 9.32. The number of nitrogens with zero attached hydrogens (tertiary/aromatic N) is 4. The van der Waals surface area contributed by atoms with E-state index in [2.05, 4.69) is 20.4 Å². The molecule has 3 N–H and O–H groups in total. The maximum Gasteiger partial charge on any atom is 0.244 e. The number of hydrogen-bond acceptors (Lipinski definition) is 8. The van der Waals surface area contributed by atoms with Crippen molar-refractivity contribution in [3.05, 3.63) is 23.4 Å². The minimum atomic E-state index is -0.330. The second-order valence-corrected chi connectivity index (χ2v) is 6.95. The smallest absolute Gasteiger partial charge is 0.244 e. The van der Waals surface area contributed by atoms with Gasteiger partial charge in [0.15, 0.2) is 0 Å². The molecule has 0 saturated carbocycles. The Bertz CT molecular complexity index is 749. The molecule has 9 nitrogen and oxygen atoms in total. The summed E-state index contributed by atoms with van der Waals surface area (Å²) in [6.45, 7) is 4.48. The summed E-state index contributed by atoms with van der Waals surface area (Å²) in [5, 5.41) is 8.53. The molecule has 1 atom stereocenters. The van der Waals surface area contributed by atoms with Crippen molar-refractivity contribution in [3.8, 4) is 10.7 Å². The van der Waals surface area contributed by atoms with Crippen LogP contribution < -0.4 is 11.1 Å². The number of rotatable bonds is 6. The van der Waals surface area contributed by atoms with Crippen molar-refractivity contribution in [2.45, 2.75) is 13.0 Å². The zero-order chi connectivity index (χ0) is 18.5. The summed E-state index contributed by atoms with van der Waals surface area (Å²) >= 11 is 1.57. The highest BCUT2D eigenvalue weighted by Gasteiger charge is 2.27. The first-order valence-electron chi connectivity index (χ1n) is 8.44. The summed E-state index contributed by atoms with van der Waals surface area (Å²) in [5.74, 6) is 0.745. The lowest BCUT2D eigenvalue weighted by atomic mass is 10.2. The van der Waals surface area contributed by atoms with E-state index in [0.29, 0.717) is 37.9 Å². The maximum absolute atomic E-state index is 12.1. The molecule has 3 rings (SSSR count). The van der Waals surface area contributed by atoms with Gasteiger partial charge in [-0.05, 0) is 18.4 Å². The van der Waals surface area contributed by atoms with Crippen molar-refractivity contribution < 1.29 is 14.1 Å². The molecule has 156 valence electrons. The van der Waals surface area contributed by atoms with Gasteiger partial charge < -0.3 is 20.5 Å². The molecule has 1 saturated heterocycles. The molecule has 28 heavy (non-hydrogen) atoms. The molecule has 1 unspecified atom stereocenters. The third kappa shape index (κ3) is 5.89. The molecule has 3 heterocycles. The standard InChI is InChI=1S/C16H22N6O3S.2ClH/c1-11(16-19-15(20-25-16)12-3-2-8-26-12)21-4-6-22(7-5-21)14(24)10-18-13(23)9-17;;/h2-3,8,11H,4-7,9-10,17H2,1H3,(H,18,23);2*1H. The monoisotopic (exact) mass is 450 g/mol. The molecule has 1 aliphatic rings. The lowest BCUT2D eigenvalue weighted by Gasteiger charge is -2.36. The van der Waals surface area contributed by atoms with Gasteiger partial charge in [-0.3, -0.25) is 14.5 Å². The third-order valence-corrected chi connectivity index (χ3v) is 5.24. The summed E-state index contributed by atoms with van der Waals surface area (Å²) in [5.41, 5.74) is 5.21. The Morgan fingerprint density at radius 3 is 2.64 bits per heavy atom. The van der Waals surface area contributed by atoms with Gasteiger partial charge in [0.05, 0.1) is 24.0 Å². The van der Waals surface area contributed by atoms with Crippen molar-refractivity contribution in [1.82, 2.24) is 25.3 Å². The van der Waals surface area contributed by atoms with Crippen LogP contribution >= 0.6 is 36.2 Å². The number of piperazine rings is 1. The summed E-state index contributed by atoms with van der Waals surface area (Å²) in [6, 6.07) is 3.88. The van der Waals surface area contributed by atoms with E-state index in [1.165, 1.54) is 0 Å². The van der Waals surface area contributed by atoms with E-state index < -0.39 is 0 Å². The quantitative estimate of drug-likeness (QED) is 0.671. The van der Waals surface area contributed by atoms with Gasteiger partial charge in [-0.1, -0.05) is 11.2 Å². The molecule has 0 bridgehead atoms. The van der Waals surface area contributed by atoms with Crippen LogP contribution in [0.4, 0.5) is 0 Å². The van der Waals surface area contributed by atoms with Gasteiger partial charge in [-0.15, -0.1) is 36.2 Å². The van der Waals surface area contributed by atoms with Gasteiger partial charge in [0.1, 0.15) is 0 Å². The van der Waals surface area contributed by atoms with Gasteiger partial charge >= 0.3 is 0 Å². The van der Waals surface area contributed by atoms with Crippen molar-refractivity contribution in [2.24, 2.45) is 5.73 Å². The lowest BCUT2D eigenvalue weighted by molar-refractivity contribution is -0.134. The van der Waals surface area contributed by atoms with Crippen LogP contribution in [0.1, 0.15) is 18.9 Å². The van der Waals surface area contributed by atoms with Crippen LogP contribution in [0.25, 0.3) is 10.7 Å². The zero-order valence-electron chi connectivity index (χ0n) is 15.4. The molecule has 1 fully saturated rings. The first-order chi connectivity index (χ1) is 12.6.